The smallest absolute Gasteiger partial charge is 0.111 e. The normalized spacial score (nSPS) is 18.6. The number of aliphatic hydroxyl groups excluding tert-OH is 9. The van der Waals surface area contributed by atoms with E-state index in [4.69, 9.17) is 29.8 Å². The van der Waals surface area contributed by atoms with Gasteiger partial charge >= 0.3 is 0 Å². The van der Waals surface area contributed by atoms with E-state index in [0.29, 0.717) is 39.6 Å². The van der Waals surface area contributed by atoms with Crippen LogP contribution in [0.2, 0.25) is 0 Å². The second-order valence-electron chi connectivity index (χ2n) is 9.00. The molecule has 230 valence electrons. The van der Waals surface area contributed by atoms with Crippen LogP contribution < -0.4 is 5.73 Å². The lowest BCUT2D eigenvalue weighted by atomic mass is 9.96. The van der Waals surface area contributed by atoms with E-state index in [9.17, 15) is 40.9 Å². The van der Waals surface area contributed by atoms with Crippen molar-refractivity contribution in [3.05, 3.63) is 0 Å². The molecule has 8 atom stereocenters. The number of aliphatic hydroxyl groups is 9. The Bertz CT molecular complexity index is 510. The van der Waals surface area contributed by atoms with Crippen LogP contribution in [0, 0.1) is 5.92 Å². The van der Waals surface area contributed by atoms with Crippen LogP contribution in [0.3, 0.4) is 0 Å². The molecule has 0 aliphatic heterocycles. The van der Waals surface area contributed by atoms with Crippen LogP contribution in [0.1, 0.15) is 6.92 Å². The van der Waals surface area contributed by atoms with Crippen LogP contribution >= 0.6 is 0 Å². The summed E-state index contributed by atoms with van der Waals surface area (Å²) in [6, 6.07) is 0. The molecule has 0 bridgehead atoms. The summed E-state index contributed by atoms with van der Waals surface area (Å²) in [5.74, 6) is -0.700. The molecule has 0 aliphatic carbocycles. The lowest BCUT2D eigenvalue weighted by Crippen LogP contribution is -2.53. The molecule has 0 unspecified atom stereocenters. The van der Waals surface area contributed by atoms with Gasteiger partial charge in [0.15, 0.2) is 0 Å². The van der Waals surface area contributed by atoms with Crippen molar-refractivity contribution in [3.8, 4) is 0 Å². The summed E-state index contributed by atoms with van der Waals surface area (Å²) in [7, 11) is 0. The van der Waals surface area contributed by atoms with E-state index in [1.54, 1.807) is 0 Å². The number of hydrogen-bond donors (Lipinski definition) is 10. The van der Waals surface area contributed by atoms with Gasteiger partial charge in [-0.2, -0.15) is 0 Å². The first kappa shape index (κ1) is 37.4. The van der Waals surface area contributed by atoms with Crippen LogP contribution in [0.5, 0.6) is 0 Å². The van der Waals surface area contributed by atoms with Crippen molar-refractivity contribution in [2.24, 2.45) is 11.7 Å². The average Bonchev–Trinajstić information content (AvgIpc) is 2.92. The van der Waals surface area contributed by atoms with Crippen molar-refractivity contribution in [2.45, 2.75) is 49.7 Å². The zero-order chi connectivity index (χ0) is 28.9. The molecule has 0 aromatic rings. The Hall–Kier alpha value is -0.600. The second-order valence-corrected chi connectivity index (χ2v) is 9.00. The molecule has 0 spiro atoms. The lowest BCUT2D eigenvalue weighted by Gasteiger charge is -2.33. The topological polar surface area (TPSA) is 248 Å². The summed E-state index contributed by atoms with van der Waals surface area (Å²) < 4.78 is 21.4. The van der Waals surface area contributed by atoms with Crippen molar-refractivity contribution in [3.63, 3.8) is 0 Å². The van der Waals surface area contributed by atoms with Gasteiger partial charge in [0.25, 0.3) is 0 Å². The maximum Gasteiger partial charge on any atom is 0.111 e. The predicted molar refractivity (Wildman–Crippen MR) is 134 cm³/mol. The third kappa shape index (κ3) is 16.5. The minimum Gasteiger partial charge on any atom is -0.396 e. The molecule has 11 N–H and O–H groups in total. The quantitative estimate of drug-likeness (QED) is 0.0442. The van der Waals surface area contributed by atoms with Crippen molar-refractivity contribution < 1.29 is 64.9 Å². The van der Waals surface area contributed by atoms with E-state index >= 15 is 0 Å². The van der Waals surface area contributed by atoms with Gasteiger partial charge in [0, 0.05) is 38.7 Å². The highest BCUT2D eigenvalue weighted by molar-refractivity contribution is 4.85. The summed E-state index contributed by atoms with van der Waals surface area (Å²) in [4.78, 5) is 1.43. The van der Waals surface area contributed by atoms with Gasteiger partial charge in [0.05, 0.1) is 77.8 Å². The summed E-state index contributed by atoms with van der Waals surface area (Å²) in [6.07, 6.45) is -11.4. The Morgan fingerprint density at radius 2 is 0.947 bits per heavy atom. The average molecular weight is 563 g/mol. The Balaban J connectivity index is 4.62. The van der Waals surface area contributed by atoms with Crippen LogP contribution in [0.25, 0.3) is 0 Å². The first-order valence-electron chi connectivity index (χ1n) is 12.8. The maximum atomic E-state index is 10.4. The maximum absolute atomic E-state index is 10.4. The van der Waals surface area contributed by atoms with Crippen molar-refractivity contribution in [1.82, 2.24) is 4.90 Å². The summed E-state index contributed by atoms with van der Waals surface area (Å²) in [5.41, 5.74) is 5.31. The fourth-order valence-electron chi connectivity index (χ4n) is 3.28. The van der Waals surface area contributed by atoms with Gasteiger partial charge in [-0.3, -0.25) is 4.90 Å². The number of nitrogens with two attached hydrogens (primary N) is 1. The monoisotopic (exact) mass is 562 g/mol. The zero-order valence-electron chi connectivity index (χ0n) is 22.2. The van der Waals surface area contributed by atoms with E-state index < -0.39 is 61.9 Å². The summed E-state index contributed by atoms with van der Waals surface area (Å²) >= 11 is 0. The molecule has 0 saturated heterocycles. The van der Waals surface area contributed by atoms with Crippen LogP contribution in [0.4, 0.5) is 0 Å². The molecule has 15 heteroatoms. The molecule has 0 amide bonds. The Morgan fingerprint density at radius 3 is 1.37 bits per heavy atom. The first-order valence-corrected chi connectivity index (χ1v) is 12.8. The molecular weight excluding hydrogens is 512 g/mol. The van der Waals surface area contributed by atoms with Gasteiger partial charge in [0.1, 0.15) is 24.4 Å². The minimum atomic E-state index is -1.82. The molecule has 0 aromatic carbocycles. The Kier molecular flexibility index (Phi) is 22.8. The molecule has 38 heavy (non-hydrogen) atoms. The van der Waals surface area contributed by atoms with Crippen molar-refractivity contribution >= 4 is 0 Å². The fourth-order valence-corrected chi connectivity index (χ4v) is 3.28. The van der Waals surface area contributed by atoms with Crippen molar-refractivity contribution in [2.75, 3.05) is 92.2 Å². The Morgan fingerprint density at radius 1 is 0.553 bits per heavy atom. The van der Waals surface area contributed by atoms with E-state index in [2.05, 4.69) is 0 Å². The van der Waals surface area contributed by atoms with Gasteiger partial charge < -0.3 is 70.6 Å². The van der Waals surface area contributed by atoms with E-state index in [1.807, 2.05) is 0 Å². The highest BCUT2D eigenvalue weighted by Crippen LogP contribution is 2.13. The van der Waals surface area contributed by atoms with Gasteiger partial charge in [-0.05, 0) is 0 Å². The van der Waals surface area contributed by atoms with E-state index in [0.717, 1.165) is 0 Å². The molecular formula is C23H50N2O13. The van der Waals surface area contributed by atoms with Crippen LogP contribution in [-0.2, 0) is 18.9 Å². The lowest BCUT2D eigenvalue weighted by molar-refractivity contribution is -0.125. The molecule has 0 fully saturated rings. The molecule has 0 radical (unpaired) electrons. The third-order valence-electron chi connectivity index (χ3n) is 5.76. The van der Waals surface area contributed by atoms with E-state index in [-0.39, 0.29) is 39.5 Å². The van der Waals surface area contributed by atoms with Crippen molar-refractivity contribution in [1.29, 1.82) is 0 Å². The largest absolute Gasteiger partial charge is 0.396 e. The molecule has 0 rings (SSSR count). The first-order chi connectivity index (χ1) is 18.1. The molecule has 0 aliphatic rings. The molecule has 0 aromatic heterocycles. The highest BCUT2D eigenvalue weighted by atomic mass is 16.6. The van der Waals surface area contributed by atoms with Crippen LogP contribution in [-0.4, -0.2) is 186 Å². The number of rotatable bonds is 26. The van der Waals surface area contributed by atoms with Gasteiger partial charge in [0.2, 0.25) is 0 Å². The molecule has 0 saturated carbocycles. The minimum absolute atomic E-state index is 0.112. The van der Waals surface area contributed by atoms with Gasteiger partial charge in [-0.1, -0.05) is 6.92 Å². The zero-order valence-corrected chi connectivity index (χ0v) is 22.2. The highest BCUT2D eigenvalue weighted by Gasteiger charge is 2.33. The fraction of sp³-hybridized carbons (Fsp3) is 1.00. The molecule has 0 heterocycles. The van der Waals surface area contributed by atoms with Crippen LogP contribution in [0.15, 0.2) is 0 Å². The van der Waals surface area contributed by atoms with Gasteiger partial charge in [-0.15, -0.1) is 0 Å². The van der Waals surface area contributed by atoms with E-state index in [1.165, 1.54) is 11.8 Å². The number of nitrogens with zero attached hydrogens (tertiary/aromatic N) is 1. The number of hydrogen-bond acceptors (Lipinski definition) is 15. The van der Waals surface area contributed by atoms with Gasteiger partial charge in [-0.25, -0.2) is 0 Å². The Labute approximate surface area is 223 Å². The SMILES string of the molecule is C[C@H](CO)[C@@H](O)[C@H](O)[C@@H](O)CN(CCOCCOCCOCCOCCN)C[C@H](O)[C@@H](O)[C@H](O)[C@H](O)CO. The predicted octanol–water partition coefficient (Wildman–Crippen LogP) is -5.54. The molecule has 15 nitrogen and oxygen atoms in total. The number of ether oxygens (including phenoxy) is 4. The summed E-state index contributed by atoms with van der Waals surface area (Å²) in [6.45, 7) is 3.00. The third-order valence-corrected chi connectivity index (χ3v) is 5.76. The second kappa shape index (κ2) is 23.1. The standard InChI is InChI=1S/C23H50N2O13/c1-16(14-26)20(31)21(32)17(28)12-25(13-18(29)22(33)23(34)19(30)15-27)3-5-36-7-9-38-11-10-37-8-6-35-4-2-24/h16-23,26-34H,2-15,24H2,1H3/t16-,17+,18+,19-,20-,21-,22-,23-/m1/s1. The summed E-state index contributed by atoms with van der Waals surface area (Å²) in [5, 5.41) is 88.7.